The van der Waals surface area contributed by atoms with Crippen LogP contribution in [0.1, 0.15) is 74.9 Å². The van der Waals surface area contributed by atoms with Crippen molar-refractivity contribution < 1.29 is 27.7 Å². The Hall–Kier alpha value is -5.68. The Kier molecular flexibility index (Phi) is 15.0. The number of fused-ring (bicyclic) bond motifs is 2. The first kappa shape index (κ1) is 48.8. The van der Waals surface area contributed by atoms with Crippen LogP contribution in [0.3, 0.4) is 0 Å². The zero-order valence-corrected chi connectivity index (χ0v) is 41.8. The van der Waals surface area contributed by atoms with E-state index >= 15 is 4.39 Å². The summed E-state index contributed by atoms with van der Waals surface area (Å²) in [5, 5.41) is 17.2. The molecule has 2 aliphatic heterocycles. The molecule has 2 aliphatic rings. The van der Waals surface area contributed by atoms with Crippen molar-refractivity contribution in [3.05, 3.63) is 91.9 Å². The van der Waals surface area contributed by atoms with Gasteiger partial charge < -0.3 is 39.9 Å². The maximum atomic E-state index is 15.6. The lowest BCUT2D eigenvalue weighted by atomic mass is 10.0. The van der Waals surface area contributed by atoms with Crippen molar-refractivity contribution in [1.82, 2.24) is 35.5 Å². The predicted octanol–water partition coefficient (Wildman–Crippen LogP) is 7.77. The number of hydrogen-bond donors (Lipinski definition) is 5. The summed E-state index contributed by atoms with van der Waals surface area (Å²) in [5.74, 6) is -0.590. The van der Waals surface area contributed by atoms with Crippen molar-refractivity contribution in [3.8, 4) is 5.75 Å². The van der Waals surface area contributed by atoms with Crippen LogP contribution in [0.4, 0.5) is 33.2 Å². The molecule has 6 aromatic rings. The van der Waals surface area contributed by atoms with E-state index in [1.807, 2.05) is 39.0 Å². The molecule has 68 heavy (non-hydrogen) atoms. The smallest absolute Gasteiger partial charge is 0.420 e. The number of aromatic nitrogens is 4. The minimum atomic E-state index is -2.93. The summed E-state index contributed by atoms with van der Waals surface area (Å²) in [6.45, 7) is 16.0. The number of halogens is 2. The lowest BCUT2D eigenvalue weighted by Gasteiger charge is -2.35. The predicted molar refractivity (Wildman–Crippen MR) is 270 cm³/mol. The van der Waals surface area contributed by atoms with Crippen molar-refractivity contribution in [2.75, 3.05) is 68.2 Å². The van der Waals surface area contributed by atoms with Gasteiger partial charge in [0.1, 0.15) is 30.3 Å². The van der Waals surface area contributed by atoms with Crippen LogP contribution >= 0.6 is 23.1 Å². The molecule has 1 atom stereocenters. The maximum Gasteiger partial charge on any atom is 0.420 e. The highest BCUT2D eigenvalue weighted by atomic mass is 79.9. The number of amides is 2. The number of pyridine rings is 1. The van der Waals surface area contributed by atoms with Gasteiger partial charge in [0.25, 0.3) is 0 Å². The molecule has 2 amide bonds. The number of nitrogens with one attached hydrogen (secondary N) is 5. The van der Waals surface area contributed by atoms with Gasteiger partial charge in [-0.15, -0.1) is 0 Å². The van der Waals surface area contributed by atoms with E-state index in [4.69, 9.17) is 14.1 Å². The highest BCUT2D eigenvalue weighted by Crippen LogP contribution is 2.43. The summed E-state index contributed by atoms with van der Waals surface area (Å²) in [6.07, 6.45) is 6.22. The number of carbonyl (C=O) groups excluding carboxylic acids is 2. The molecule has 2 fully saturated rings. The Balaban J connectivity index is 0.865. The summed E-state index contributed by atoms with van der Waals surface area (Å²) in [7, 11) is -2.93. The number of anilines is 5. The second-order valence-electron chi connectivity index (χ2n) is 17.7. The zero-order valence-electron chi connectivity index (χ0n) is 39.4. The van der Waals surface area contributed by atoms with Gasteiger partial charge in [0.05, 0.1) is 28.0 Å². The molecule has 0 spiro atoms. The van der Waals surface area contributed by atoms with Gasteiger partial charge in [0.2, 0.25) is 17.8 Å². The summed E-state index contributed by atoms with van der Waals surface area (Å²) in [6, 6.07) is 12.6. The number of hydrogen-bond acceptors (Lipinski definition) is 14. The van der Waals surface area contributed by atoms with E-state index in [0.717, 1.165) is 92.2 Å². The molecule has 0 radical (unpaired) electrons. The molecule has 0 aliphatic carbocycles. The minimum Gasteiger partial charge on any atom is -0.492 e. The third-order valence-electron chi connectivity index (χ3n) is 12.7. The van der Waals surface area contributed by atoms with E-state index in [9.17, 15) is 18.9 Å². The number of aryl methyl sites for hydroxylation is 3. The Bertz CT molecular complexity index is 2980. The number of rotatable bonds is 18. The van der Waals surface area contributed by atoms with Gasteiger partial charge in [-0.2, -0.15) is 4.98 Å². The molecule has 0 saturated carbocycles. The van der Waals surface area contributed by atoms with E-state index in [1.165, 1.54) is 10.6 Å². The summed E-state index contributed by atoms with van der Waals surface area (Å²) in [4.78, 5) is 53.2. The number of ether oxygens (including phenoxy) is 1. The van der Waals surface area contributed by atoms with Gasteiger partial charge in [-0.1, -0.05) is 19.9 Å². The number of imide groups is 1. The van der Waals surface area contributed by atoms with E-state index < -0.39 is 30.7 Å². The van der Waals surface area contributed by atoms with Gasteiger partial charge >= 0.3 is 5.76 Å². The highest BCUT2D eigenvalue weighted by Gasteiger charge is 2.32. The first-order valence-electron chi connectivity index (χ1n) is 23.4. The molecule has 19 heteroatoms. The molecule has 3 aromatic carbocycles. The second-order valence-corrected chi connectivity index (χ2v) is 21.7. The molecule has 8 rings (SSSR count). The molecule has 0 bridgehead atoms. The molecule has 5 N–H and O–H groups in total. The van der Waals surface area contributed by atoms with Crippen LogP contribution in [-0.4, -0.2) is 90.0 Å². The van der Waals surface area contributed by atoms with Crippen molar-refractivity contribution in [2.45, 2.75) is 84.7 Å². The Morgan fingerprint density at radius 2 is 1.74 bits per heavy atom. The van der Waals surface area contributed by atoms with Crippen LogP contribution in [0.25, 0.3) is 22.0 Å². The number of piperidine rings is 2. The van der Waals surface area contributed by atoms with Gasteiger partial charge in [-0.05, 0) is 129 Å². The molecule has 3 aromatic heterocycles. The molecule has 5 heterocycles. The minimum absolute atomic E-state index is 0.176. The number of nitrogens with zero attached hydrogens (tertiary/aromatic N) is 5. The van der Waals surface area contributed by atoms with E-state index in [1.54, 1.807) is 25.6 Å². The van der Waals surface area contributed by atoms with Crippen molar-refractivity contribution in [2.24, 2.45) is 0 Å². The van der Waals surface area contributed by atoms with Crippen LogP contribution in [0.5, 0.6) is 5.75 Å². The fourth-order valence-corrected chi connectivity index (χ4v) is 11.0. The van der Waals surface area contributed by atoms with Crippen molar-refractivity contribution >= 4 is 91.0 Å². The molecular formula is C49H59BrFN10O6P. The van der Waals surface area contributed by atoms with Crippen LogP contribution in [0.2, 0.25) is 0 Å². The van der Waals surface area contributed by atoms with E-state index in [-0.39, 0.29) is 24.3 Å². The number of carbonyl (C=O) groups is 2. The fraction of sp³-hybridized carbons (Fsp3) is 0.429. The van der Waals surface area contributed by atoms with Crippen molar-refractivity contribution in [1.29, 1.82) is 0 Å². The Morgan fingerprint density at radius 1 is 0.941 bits per heavy atom. The van der Waals surface area contributed by atoms with Gasteiger partial charge in [0.15, 0.2) is 11.4 Å². The first-order chi connectivity index (χ1) is 32.6. The molecule has 360 valence electrons. The lowest BCUT2D eigenvalue weighted by Crippen LogP contribution is -2.44. The molecule has 1 unspecified atom stereocenters. The average molecular weight is 1010 g/mol. The summed E-state index contributed by atoms with van der Waals surface area (Å²) in [5.41, 5.74) is 7.36. The largest absolute Gasteiger partial charge is 0.492 e. The molecular weight excluding hydrogens is 954 g/mol. The molecule has 16 nitrogen and oxygen atoms in total. The monoisotopic (exact) mass is 1010 g/mol. The van der Waals surface area contributed by atoms with Crippen LogP contribution in [-0.2, 0) is 33.4 Å². The highest BCUT2D eigenvalue weighted by molar-refractivity contribution is 9.10. The quantitative estimate of drug-likeness (QED) is 0.0318. The normalized spacial score (nSPS) is 15.9. The SMILES string of the molecule is CCOc1cc(N2CCC(NCCNCCc3cc4oc(=O)n(C5CCC(=O)NC5=O)c4cc3C)CC2)c(CC)cc1Nc1ncc(Br)c(Nc2cc(F)c3nc(CC)ccc3c2P(C)(C)=O)n1. The summed E-state index contributed by atoms with van der Waals surface area (Å²) >= 11 is 3.56. The van der Waals surface area contributed by atoms with Gasteiger partial charge in [-0.25, -0.2) is 19.2 Å². The van der Waals surface area contributed by atoms with E-state index in [0.29, 0.717) is 68.5 Å². The second kappa shape index (κ2) is 20.9. The van der Waals surface area contributed by atoms with Crippen molar-refractivity contribution in [3.63, 3.8) is 0 Å². The average Bonchev–Trinajstić information content (AvgIpc) is 3.62. The zero-order chi connectivity index (χ0) is 48.3. The lowest BCUT2D eigenvalue weighted by molar-refractivity contribution is -0.135. The van der Waals surface area contributed by atoms with Crippen LogP contribution in [0, 0.1) is 12.7 Å². The Morgan fingerprint density at radius 3 is 2.46 bits per heavy atom. The first-order valence-corrected chi connectivity index (χ1v) is 26.8. The Labute approximate surface area is 403 Å². The maximum absolute atomic E-state index is 15.6. The van der Waals surface area contributed by atoms with Gasteiger partial charge in [0, 0.05) is 79.0 Å². The standard InChI is InChI=1S/C49H59BrFN10O6P/c1-7-29-23-36(57-48-54-27-34(50)46(59-48)56-37-25-35(51)44-33(45(37)68(5,6)65)11-10-31(8-2)55-44)41(66-9-3)26-39(29)60-20-15-32(16-21-60)53-19-18-52-17-14-30-24-42-40(22-28(30)4)61(49(64)67-42)38-12-13-43(62)58-47(38)63/h10-11,22-27,32,38,52-53H,7-9,12-21H2,1-6H3,(H,58,62,63)(H2,54,56,57,59). The molecule has 2 saturated heterocycles. The number of oxazole rings is 1. The topological polar surface area (TPSA) is 198 Å². The third-order valence-corrected chi connectivity index (χ3v) is 14.8. The number of benzene rings is 3. The van der Waals surface area contributed by atoms with E-state index in [2.05, 4.69) is 76.4 Å². The third kappa shape index (κ3) is 10.6. The van der Waals surface area contributed by atoms with Crippen LogP contribution < -0.4 is 47.3 Å². The summed E-state index contributed by atoms with van der Waals surface area (Å²) < 4.78 is 43.0. The fourth-order valence-electron chi connectivity index (χ4n) is 9.24. The van der Waals surface area contributed by atoms with Crippen LogP contribution in [0.15, 0.2) is 62.3 Å². The van der Waals surface area contributed by atoms with Gasteiger partial charge in [-0.3, -0.25) is 19.5 Å².